The number of methoxy groups -OCH3 is 2. The lowest BCUT2D eigenvalue weighted by molar-refractivity contribution is 0.341. The van der Waals surface area contributed by atoms with Crippen LogP contribution in [0.2, 0.25) is 0 Å². The number of halogens is 1. The third kappa shape index (κ3) is 2.61. The summed E-state index contributed by atoms with van der Waals surface area (Å²) in [5.41, 5.74) is 2.61. The van der Waals surface area contributed by atoms with Crippen LogP contribution in [-0.4, -0.2) is 20.8 Å². The van der Waals surface area contributed by atoms with Gasteiger partial charge in [0.1, 0.15) is 0 Å². The summed E-state index contributed by atoms with van der Waals surface area (Å²) in [5, 5.41) is 3.63. The van der Waals surface area contributed by atoms with Crippen LogP contribution in [0.3, 0.4) is 0 Å². The molecule has 106 valence electrons. The van der Waals surface area contributed by atoms with Crippen LogP contribution in [-0.2, 0) is 6.42 Å². The summed E-state index contributed by atoms with van der Waals surface area (Å²) in [4.78, 5) is 0. The molecule has 19 heavy (non-hydrogen) atoms. The van der Waals surface area contributed by atoms with Gasteiger partial charge in [0.15, 0.2) is 11.5 Å². The molecule has 0 radical (unpaired) electrons. The second kappa shape index (κ2) is 6.14. The third-order valence-electron chi connectivity index (χ3n) is 3.78. The van der Waals surface area contributed by atoms with E-state index in [1.807, 2.05) is 6.07 Å². The zero-order valence-corrected chi connectivity index (χ0v) is 13.6. The Hall–Kier alpha value is -0.740. The molecule has 1 N–H and O–H groups in total. The zero-order valence-electron chi connectivity index (χ0n) is 12.0. The highest BCUT2D eigenvalue weighted by molar-refractivity contribution is 9.10. The Morgan fingerprint density at radius 3 is 2.68 bits per heavy atom. The summed E-state index contributed by atoms with van der Waals surface area (Å²) >= 11 is 3.66. The minimum Gasteiger partial charge on any atom is -0.493 e. The highest BCUT2D eigenvalue weighted by Gasteiger charge is 2.35. The largest absolute Gasteiger partial charge is 0.493 e. The van der Waals surface area contributed by atoms with Crippen molar-refractivity contribution >= 4 is 15.9 Å². The topological polar surface area (TPSA) is 30.5 Å². The van der Waals surface area contributed by atoms with Crippen molar-refractivity contribution in [2.24, 2.45) is 5.92 Å². The van der Waals surface area contributed by atoms with Crippen LogP contribution in [0.4, 0.5) is 0 Å². The molecule has 2 unspecified atom stereocenters. The third-order valence-corrected chi connectivity index (χ3v) is 4.49. The van der Waals surface area contributed by atoms with Crippen LogP contribution >= 0.6 is 15.9 Å². The van der Waals surface area contributed by atoms with Gasteiger partial charge in [0.05, 0.1) is 14.2 Å². The van der Waals surface area contributed by atoms with E-state index in [2.05, 4.69) is 35.1 Å². The minimum atomic E-state index is 0.344. The van der Waals surface area contributed by atoms with Crippen LogP contribution < -0.4 is 14.8 Å². The first-order chi connectivity index (χ1) is 9.13. The molecule has 0 spiro atoms. The van der Waals surface area contributed by atoms with Crippen LogP contribution in [0.5, 0.6) is 11.5 Å². The number of fused-ring (bicyclic) bond motifs is 1. The maximum atomic E-state index is 5.61. The summed E-state index contributed by atoms with van der Waals surface area (Å²) in [6.45, 7) is 5.49. The Balaban J connectivity index is 2.50. The molecular formula is C15H22BrNO2. The molecule has 0 heterocycles. The molecule has 3 nitrogen and oxygen atoms in total. The predicted octanol–water partition coefficient (Wildman–Crippen LogP) is 3.70. The van der Waals surface area contributed by atoms with Gasteiger partial charge >= 0.3 is 0 Å². The van der Waals surface area contributed by atoms with E-state index in [-0.39, 0.29) is 0 Å². The first-order valence-corrected chi connectivity index (χ1v) is 7.59. The number of ether oxygens (including phenoxy) is 2. The number of hydrogen-bond acceptors (Lipinski definition) is 3. The van der Waals surface area contributed by atoms with E-state index >= 15 is 0 Å². The van der Waals surface area contributed by atoms with Gasteiger partial charge in [-0.25, -0.2) is 0 Å². The fourth-order valence-electron chi connectivity index (χ4n) is 2.89. The molecule has 0 amide bonds. The molecular weight excluding hydrogens is 306 g/mol. The molecule has 0 saturated carbocycles. The highest BCUT2D eigenvalue weighted by atomic mass is 79.9. The first kappa shape index (κ1) is 14.7. The van der Waals surface area contributed by atoms with E-state index in [1.165, 1.54) is 11.1 Å². The van der Waals surface area contributed by atoms with E-state index in [0.717, 1.165) is 35.4 Å². The zero-order chi connectivity index (χ0) is 14.0. The van der Waals surface area contributed by atoms with E-state index in [0.29, 0.717) is 12.0 Å². The summed E-state index contributed by atoms with van der Waals surface area (Å²) in [6.07, 6.45) is 2.20. The quantitative estimate of drug-likeness (QED) is 0.894. The number of hydrogen-bond donors (Lipinski definition) is 1. The lowest BCUT2D eigenvalue weighted by Gasteiger charge is -2.21. The molecule has 1 aromatic rings. The van der Waals surface area contributed by atoms with Gasteiger partial charge in [0, 0.05) is 16.1 Å². The Bertz CT molecular complexity index is 462. The Morgan fingerprint density at radius 1 is 1.37 bits per heavy atom. The van der Waals surface area contributed by atoms with Gasteiger partial charge in [-0.05, 0) is 36.9 Å². The average molecular weight is 328 g/mol. The van der Waals surface area contributed by atoms with E-state index < -0.39 is 0 Å². The number of rotatable bonds is 5. The lowest BCUT2D eigenvalue weighted by atomic mass is 10.0. The van der Waals surface area contributed by atoms with Crippen molar-refractivity contribution in [3.8, 4) is 11.5 Å². The van der Waals surface area contributed by atoms with Gasteiger partial charge in [0.2, 0.25) is 0 Å². The standard InChI is InChI=1S/C15H22BrNO2/c1-5-6-17-14-9(2)7-10-11(16)8-12(18-3)15(19-4)13(10)14/h8-9,14,17H,5-7H2,1-4H3. The van der Waals surface area contributed by atoms with Crippen molar-refractivity contribution in [3.05, 3.63) is 21.7 Å². The van der Waals surface area contributed by atoms with Crippen molar-refractivity contribution in [2.45, 2.75) is 32.7 Å². The molecule has 1 aliphatic rings. The molecule has 0 bridgehead atoms. The molecule has 0 saturated heterocycles. The second-order valence-corrected chi connectivity index (χ2v) is 5.95. The molecule has 2 atom stereocenters. The lowest BCUT2D eigenvalue weighted by Crippen LogP contribution is -2.25. The van der Waals surface area contributed by atoms with Crippen molar-refractivity contribution < 1.29 is 9.47 Å². The number of nitrogens with one attached hydrogen (secondary N) is 1. The Kier molecular flexibility index (Phi) is 4.74. The van der Waals surface area contributed by atoms with Crippen LogP contribution in [0.25, 0.3) is 0 Å². The average Bonchev–Trinajstić information content (AvgIpc) is 2.73. The SMILES string of the molecule is CCCNC1c2c(c(Br)cc(OC)c2OC)CC1C. The molecule has 4 heteroatoms. The Morgan fingerprint density at radius 2 is 2.11 bits per heavy atom. The molecule has 0 fully saturated rings. The van der Waals surface area contributed by atoms with Gasteiger partial charge in [-0.3, -0.25) is 0 Å². The normalized spacial score (nSPS) is 21.3. The van der Waals surface area contributed by atoms with Gasteiger partial charge in [-0.2, -0.15) is 0 Å². The summed E-state index contributed by atoms with van der Waals surface area (Å²) in [5.74, 6) is 2.24. The van der Waals surface area contributed by atoms with Crippen molar-refractivity contribution in [2.75, 3.05) is 20.8 Å². The van der Waals surface area contributed by atoms with Crippen molar-refractivity contribution in [1.29, 1.82) is 0 Å². The smallest absolute Gasteiger partial charge is 0.165 e. The molecule has 1 aromatic carbocycles. The minimum absolute atomic E-state index is 0.344. The summed E-state index contributed by atoms with van der Waals surface area (Å²) in [6, 6.07) is 2.35. The van der Waals surface area contributed by atoms with Crippen molar-refractivity contribution in [1.82, 2.24) is 5.32 Å². The van der Waals surface area contributed by atoms with Crippen LogP contribution in [0.15, 0.2) is 10.5 Å². The Labute approximate surface area is 123 Å². The van der Waals surface area contributed by atoms with E-state index in [4.69, 9.17) is 9.47 Å². The second-order valence-electron chi connectivity index (χ2n) is 5.10. The fourth-order valence-corrected chi connectivity index (χ4v) is 3.48. The van der Waals surface area contributed by atoms with Crippen LogP contribution in [0, 0.1) is 5.92 Å². The number of benzene rings is 1. The maximum Gasteiger partial charge on any atom is 0.165 e. The monoisotopic (exact) mass is 327 g/mol. The predicted molar refractivity (Wildman–Crippen MR) is 81.1 cm³/mol. The van der Waals surface area contributed by atoms with Gasteiger partial charge in [0.25, 0.3) is 0 Å². The van der Waals surface area contributed by atoms with E-state index in [9.17, 15) is 0 Å². The molecule has 0 aromatic heterocycles. The van der Waals surface area contributed by atoms with E-state index in [1.54, 1.807) is 14.2 Å². The molecule has 2 rings (SSSR count). The van der Waals surface area contributed by atoms with Gasteiger partial charge < -0.3 is 14.8 Å². The summed E-state index contributed by atoms with van der Waals surface area (Å²) < 4.78 is 12.2. The maximum absolute atomic E-state index is 5.61. The van der Waals surface area contributed by atoms with Crippen molar-refractivity contribution in [3.63, 3.8) is 0 Å². The molecule has 0 aliphatic heterocycles. The molecule has 1 aliphatic carbocycles. The van der Waals surface area contributed by atoms with Crippen LogP contribution in [0.1, 0.15) is 37.4 Å². The first-order valence-electron chi connectivity index (χ1n) is 6.80. The summed E-state index contributed by atoms with van der Waals surface area (Å²) in [7, 11) is 3.40. The highest BCUT2D eigenvalue weighted by Crippen LogP contribution is 2.48. The van der Waals surface area contributed by atoms with Gasteiger partial charge in [-0.15, -0.1) is 0 Å². The fraction of sp³-hybridized carbons (Fsp3) is 0.600. The van der Waals surface area contributed by atoms with Gasteiger partial charge in [-0.1, -0.05) is 29.8 Å².